The zero-order valence-corrected chi connectivity index (χ0v) is 9.88. The van der Waals surface area contributed by atoms with Crippen LogP contribution in [0.4, 0.5) is 0 Å². The molecule has 0 aliphatic heterocycles. The van der Waals surface area contributed by atoms with Gasteiger partial charge in [0, 0.05) is 30.9 Å². The first kappa shape index (κ1) is 11.1. The molecular formula is C10H14N4OS. The van der Waals surface area contributed by atoms with Gasteiger partial charge in [-0.1, -0.05) is 0 Å². The van der Waals surface area contributed by atoms with Gasteiger partial charge in [-0.05, 0) is 6.92 Å². The minimum absolute atomic E-state index is 0.0171. The van der Waals surface area contributed by atoms with E-state index in [1.165, 1.54) is 0 Å². The molecule has 0 saturated carbocycles. The first-order chi connectivity index (χ1) is 7.79. The van der Waals surface area contributed by atoms with Crippen molar-refractivity contribution in [3.63, 3.8) is 0 Å². The lowest BCUT2D eigenvalue weighted by atomic mass is 10.4. The van der Waals surface area contributed by atoms with Gasteiger partial charge in [-0.2, -0.15) is 0 Å². The smallest absolute Gasteiger partial charge is 0.233 e. The van der Waals surface area contributed by atoms with Crippen molar-refractivity contribution in [1.29, 1.82) is 0 Å². The molecule has 2 aromatic rings. The number of imidazole rings is 1. The molecule has 0 spiro atoms. The fourth-order valence-corrected chi connectivity index (χ4v) is 2.14. The van der Waals surface area contributed by atoms with Gasteiger partial charge in [0.15, 0.2) is 4.96 Å². The number of hydrogen-bond acceptors (Lipinski definition) is 4. The van der Waals surface area contributed by atoms with Crippen LogP contribution < -0.4 is 10.6 Å². The quantitative estimate of drug-likeness (QED) is 0.803. The number of nitrogens with one attached hydrogen (secondary N) is 2. The van der Waals surface area contributed by atoms with E-state index in [9.17, 15) is 4.79 Å². The van der Waals surface area contributed by atoms with Crippen molar-refractivity contribution in [2.24, 2.45) is 0 Å². The predicted molar refractivity (Wildman–Crippen MR) is 63.5 cm³/mol. The Hall–Kier alpha value is -1.40. The van der Waals surface area contributed by atoms with Crippen LogP contribution in [0.3, 0.4) is 0 Å². The highest BCUT2D eigenvalue weighted by Crippen LogP contribution is 2.10. The zero-order valence-electron chi connectivity index (χ0n) is 9.06. The summed E-state index contributed by atoms with van der Waals surface area (Å²) in [6, 6.07) is 0. The second kappa shape index (κ2) is 5.09. The van der Waals surface area contributed by atoms with Crippen LogP contribution in [0.5, 0.6) is 0 Å². The lowest BCUT2D eigenvalue weighted by Crippen LogP contribution is -2.33. The van der Waals surface area contributed by atoms with E-state index in [-0.39, 0.29) is 5.91 Å². The Bertz CT molecular complexity index is 447. The minimum Gasteiger partial charge on any atom is -0.355 e. The van der Waals surface area contributed by atoms with Crippen LogP contribution in [-0.2, 0) is 11.3 Å². The molecule has 2 heterocycles. The standard InChI is InChI=1S/C10H14N4OS/c1-2-12-9(15)6-11-5-8-7-14-3-4-16-10(14)13-8/h3-4,7,11H,2,5-6H2,1H3,(H,12,15). The number of hydrogen-bond donors (Lipinski definition) is 2. The summed E-state index contributed by atoms with van der Waals surface area (Å²) in [4.78, 5) is 16.5. The number of nitrogens with zero attached hydrogens (tertiary/aromatic N) is 2. The highest BCUT2D eigenvalue weighted by atomic mass is 32.1. The SMILES string of the molecule is CCNC(=O)CNCc1cn2ccsc2n1. The number of amides is 1. The topological polar surface area (TPSA) is 58.4 Å². The maximum atomic E-state index is 11.2. The normalized spacial score (nSPS) is 10.8. The molecular weight excluding hydrogens is 224 g/mol. The Balaban J connectivity index is 1.82. The third-order valence-corrected chi connectivity index (χ3v) is 2.88. The summed E-state index contributed by atoms with van der Waals surface area (Å²) in [7, 11) is 0. The molecule has 6 heteroatoms. The number of aromatic nitrogens is 2. The van der Waals surface area contributed by atoms with E-state index < -0.39 is 0 Å². The molecule has 0 aliphatic rings. The first-order valence-electron chi connectivity index (χ1n) is 5.18. The molecule has 2 aromatic heterocycles. The summed E-state index contributed by atoms with van der Waals surface area (Å²) < 4.78 is 1.98. The van der Waals surface area contributed by atoms with Gasteiger partial charge in [0.05, 0.1) is 12.2 Å². The van der Waals surface area contributed by atoms with E-state index >= 15 is 0 Å². The number of thiazole rings is 1. The van der Waals surface area contributed by atoms with Gasteiger partial charge in [0.25, 0.3) is 0 Å². The predicted octanol–water partition coefficient (Wildman–Crippen LogP) is 0.622. The minimum atomic E-state index is 0.0171. The van der Waals surface area contributed by atoms with E-state index in [2.05, 4.69) is 15.6 Å². The van der Waals surface area contributed by atoms with Gasteiger partial charge in [-0.25, -0.2) is 4.98 Å². The third kappa shape index (κ3) is 2.59. The van der Waals surface area contributed by atoms with Crippen molar-refractivity contribution in [3.8, 4) is 0 Å². The van der Waals surface area contributed by atoms with Crippen molar-refractivity contribution in [2.75, 3.05) is 13.1 Å². The molecule has 0 radical (unpaired) electrons. The molecule has 5 nitrogen and oxygen atoms in total. The molecule has 1 amide bonds. The molecule has 2 N–H and O–H groups in total. The largest absolute Gasteiger partial charge is 0.355 e. The van der Waals surface area contributed by atoms with Crippen molar-refractivity contribution in [1.82, 2.24) is 20.0 Å². The van der Waals surface area contributed by atoms with Crippen LogP contribution in [-0.4, -0.2) is 28.4 Å². The molecule has 0 saturated heterocycles. The zero-order chi connectivity index (χ0) is 11.4. The summed E-state index contributed by atoms with van der Waals surface area (Å²) in [6.07, 6.45) is 3.94. The summed E-state index contributed by atoms with van der Waals surface area (Å²) in [5.74, 6) is 0.0171. The maximum Gasteiger partial charge on any atom is 0.233 e. The average Bonchev–Trinajstić information content (AvgIpc) is 2.78. The van der Waals surface area contributed by atoms with Crippen LogP contribution >= 0.6 is 11.3 Å². The van der Waals surface area contributed by atoms with Gasteiger partial charge >= 0.3 is 0 Å². The van der Waals surface area contributed by atoms with Gasteiger partial charge in [-0.15, -0.1) is 11.3 Å². The molecule has 2 rings (SSSR count). The van der Waals surface area contributed by atoms with Gasteiger partial charge in [0.2, 0.25) is 5.91 Å². The number of carbonyl (C=O) groups is 1. The molecule has 0 bridgehead atoms. The fourth-order valence-electron chi connectivity index (χ4n) is 1.43. The van der Waals surface area contributed by atoms with Crippen LogP contribution in [0.1, 0.15) is 12.6 Å². The Morgan fingerprint density at radius 2 is 2.50 bits per heavy atom. The first-order valence-corrected chi connectivity index (χ1v) is 6.06. The number of likely N-dealkylation sites (N-methyl/N-ethyl adjacent to an activating group) is 1. The molecule has 16 heavy (non-hydrogen) atoms. The highest BCUT2D eigenvalue weighted by Gasteiger charge is 2.03. The van der Waals surface area contributed by atoms with E-state index in [0.29, 0.717) is 19.6 Å². The Morgan fingerprint density at radius 1 is 1.62 bits per heavy atom. The number of fused-ring (bicyclic) bond motifs is 1. The van der Waals surface area contributed by atoms with Gasteiger partial charge in [-0.3, -0.25) is 9.20 Å². The summed E-state index contributed by atoms with van der Waals surface area (Å²) in [5.41, 5.74) is 0.955. The van der Waals surface area contributed by atoms with Crippen LogP contribution in [0.2, 0.25) is 0 Å². The monoisotopic (exact) mass is 238 g/mol. The van der Waals surface area contributed by atoms with Crippen molar-refractivity contribution in [3.05, 3.63) is 23.5 Å². The average molecular weight is 238 g/mol. The van der Waals surface area contributed by atoms with Gasteiger partial charge in [0.1, 0.15) is 0 Å². The molecule has 0 fully saturated rings. The lowest BCUT2D eigenvalue weighted by Gasteiger charge is -2.02. The fraction of sp³-hybridized carbons (Fsp3) is 0.400. The van der Waals surface area contributed by atoms with E-state index in [4.69, 9.17) is 0 Å². The van der Waals surface area contributed by atoms with Crippen LogP contribution in [0.15, 0.2) is 17.8 Å². The Morgan fingerprint density at radius 3 is 3.25 bits per heavy atom. The van der Waals surface area contributed by atoms with Gasteiger partial charge < -0.3 is 10.6 Å². The Kier molecular flexibility index (Phi) is 3.53. The summed E-state index contributed by atoms with van der Waals surface area (Å²) >= 11 is 1.60. The molecule has 0 atom stereocenters. The lowest BCUT2D eigenvalue weighted by molar-refractivity contribution is -0.120. The van der Waals surface area contributed by atoms with Crippen molar-refractivity contribution < 1.29 is 4.79 Å². The van der Waals surface area contributed by atoms with Crippen molar-refractivity contribution >= 4 is 22.2 Å². The molecule has 86 valence electrons. The summed E-state index contributed by atoms with van der Waals surface area (Å²) in [6.45, 7) is 3.52. The van der Waals surface area contributed by atoms with Crippen molar-refractivity contribution in [2.45, 2.75) is 13.5 Å². The van der Waals surface area contributed by atoms with E-state index in [0.717, 1.165) is 10.7 Å². The maximum absolute atomic E-state index is 11.2. The molecule has 0 unspecified atom stereocenters. The van der Waals surface area contributed by atoms with E-state index in [1.807, 2.05) is 29.1 Å². The Labute approximate surface area is 97.5 Å². The highest BCUT2D eigenvalue weighted by molar-refractivity contribution is 7.15. The van der Waals surface area contributed by atoms with Crippen LogP contribution in [0, 0.1) is 0 Å². The second-order valence-corrected chi connectivity index (χ2v) is 4.26. The number of rotatable bonds is 5. The second-order valence-electron chi connectivity index (χ2n) is 3.38. The molecule has 0 aromatic carbocycles. The van der Waals surface area contributed by atoms with Crippen LogP contribution in [0.25, 0.3) is 4.96 Å². The van der Waals surface area contributed by atoms with E-state index in [1.54, 1.807) is 11.3 Å². The molecule has 0 aliphatic carbocycles. The third-order valence-electron chi connectivity index (χ3n) is 2.11. The summed E-state index contributed by atoms with van der Waals surface area (Å²) in [5, 5.41) is 7.78. The number of carbonyl (C=O) groups excluding carboxylic acids is 1.